The summed E-state index contributed by atoms with van der Waals surface area (Å²) in [5, 5.41) is 2.90. The molecule has 0 aliphatic carbocycles. The fraction of sp³-hybridized carbons (Fsp3) is 0.500. The van der Waals surface area contributed by atoms with Crippen LogP contribution in [-0.4, -0.2) is 18.5 Å². The van der Waals surface area contributed by atoms with Gasteiger partial charge < -0.3 is 10.2 Å². The number of nitrogens with one attached hydrogen (secondary N) is 1. The molecule has 2 heterocycles. The molecular weight excluding hydrogens is 267 g/mol. The molecule has 0 bridgehead atoms. The van der Waals surface area contributed by atoms with Gasteiger partial charge in [-0.05, 0) is 24.8 Å². The van der Waals surface area contributed by atoms with Crippen LogP contribution in [0.15, 0.2) is 12.1 Å². The fourth-order valence-electron chi connectivity index (χ4n) is 3.04. The Hall–Kier alpha value is -1.29. The highest BCUT2D eigenvalue weighted by Crippen LogP contribution is 2.40. The summed E-state index contributed by atoms with van der Waals surface area (Å²) in [6.07, 6.45) is 3.01. The minimum atomic E-state index is -0.498. The summed E-state index contributed by atoms with van der Waals surface area (Å²) < 4.78 is 13.5. The predicted molar refractivity (Wildman–Crippen MR) is 74.2 cm³/mol. The monoisotopic (exact) mass is 282 g/mol. The van der Waals surface area contributed by atoms with E-state index in [1.807, 2.05) is 0 Å². The maximum absolute atomic E-state index is 13.5. The zero-order valence-electron chi connectivity index (χ0n) is 10.7. The van der Waals surface area contributed by atoms with Crippen LogP contribution in [0.1, 0.15) is 26.2 Å². The second-order valence-electron chi connectivity index (χ2n) is 5.28. The number of carbonyl (C=O) groups excluding carboxylic acids is 1. The van der Waals surface area contributed by atoms with Crippen molar-refractivity contribution in [3.05, 3.63) is 23.0 Å². The number of amides is 1. The molecule has 2 unspecified atom stereocenters. The lowest BCUT2D eigenvalue weighted by molar-refractivity contribution is -0.118. The molecule has 1 amide bonds. The van der Waals surface area contributed by atoms with Gasteiger partial charge in [0.15, 0.2) is 0 Å². The van der Waals surface area contributed by atoms with Crippen molar-refractivity contribution in [2.45, 2.75) is 32.2 Å². The number of hydrogen-bond donors (Lipinski definition) is 1. The first kappa shape index (κ1) is 12.7. The van der Waals surface area contributed by atoms with Gasteiger partial charge in [0.25, 0.3) is 0 Å². The summed E-state index contributed by atoms with van der Waals surface area (Å²) in [4.78, 5) is 14.2. The van der Waals surface area contributed by atoms with E-state index in [0.29, 0.717) is 11.6 Å². The minimum absolute atomic E-state index is 0.0348. The van der Waals surface area contributed by atoms with Gasteiger partial charge in [-0.2, -0.15) is 0 Å². The summed E-state index contributed by atoms with van der Waals surface area (Å²) in [5.41, 5.74) is 1.36. The van der Waals surface area contributed by atoms with E-state index in [4.69, 9.17) is 11.6 Å². The topological polar surface area (TPSA) is 32.3 Å². The molecule has 1 aromatic carbocycles. The number of nitrogens with zero attached hydrogens (tertiary/aromatic N) is 1. The molecule has 3 rings (SSSR count). The molecule has 3 nitrogen and oxygen atoms in total. The SMILES string of the molecule is CCC1CCN2c3cc(Cl)c(F)cc3NC(=O)C2C1. The van der Waals surface area contributed by atoms with E-state index in [0.717, 1.165) is 31.5 Å². The Labute approximate surface area is 116 Å². The van der Waals surface area contributed by atoms with E-state index in [-0.39, 0.29) is 17.0 Å². The summed E-state index contributed by atoms with van der Waals surface area (Å²) in [6, 6.07) is 2.77. The highest BCUT2D eigenvalue weighted by Gasteiger charge is 2.37. The number of hydrogen-bond acceptors (Lipinski definition) is 2. The third-order valence-electron chi connectivity index (χ3n) is 4.20. The molecule has 0 spiro atoms. The van der Waals surface area contributed by atoms with Crippen molar-refractivity contribution in [1.29, 1.82) is 0 Å². The molecule has 2 aliphatic heterocycles. The summed E-state index contributed by atoms with van der Waals surface area (Å²) >= 11 is 5.85. The second kappa shape index (κ2) is 4.67. The Morgan fingerprint density at radius 2 is 2.32 bits per heavy atom. The lowest BCUT2D eigenvalue weighted by Gasteiger charge is -2.43. The van der Waals surface area contributed by atoms with Crippen LogP contribution < -0.4 is 10.2 Å². The number of anilines is 2. The predicted octanol–water partition coefficient (Wildman–Crippen LogP) is 3.43. The van der Waals surface area contributed by atoms with E-state index in [2.05, 4.69) is 17.1 Å². The number of carbonyl (C=O) groups is 1. The summed E-state index contributed by atoms with van der Waals surface area (Å²) in [5.74, 6) is 0.0550. The first-order valence-corrected chi connectivity index (χ1v) is 7.04. The van der Waals surface area contributed by atoms with E-state index in [1.165, 1.54) is 6.07 Å². The van der Waals surface area contributed by atoms with E-state index in [1.54, 1.807) is 6.07 Å². The normalized spacial score (nSPS) is 25.6. The molecule has 1 saturated heterocycles. The van der Waals surface area contributed by atoms with Gasteiger partial charge in [-0.15, -0.1) is 0 Å². The third-order valence-corrected chi connectivity index (χ3v) is 4.49. The largest absolute Gasteiger partial charge is 0.358 e. The molecule has 1 fully saturated rings. The molecule has 102 valence electrons. The number of halogens is 2. The van der Waals surface area contributed by atoms with Crippen LogP contribution >= 0.6 is 11.6 Å². The summed E-state index contributed by atoms with van der Waals surface area (Å²) in [6.45, 7) is 2.98. The van der Waals surface area contributed by atoms with Crippen molar-refractivity contribution in [3.63, 3.8) is 0 Å². The van der Waals surface area contributed by atoms with E-state index >= 15 is 0 Å². The van der Waals surface area contributed by atoms with E-state index in [9.17, 15) is 9.18 Å². The Kier molecular flexibility index (Phi) is 3.13. The average molecular weight is 283 g/mol. The van der Waals surface area contributed by atoms with Gasteiger partial charge in [-0.1, -0.05) is 24.9 Å². The summed E-state index contributed by atoms with van der Waals surface area (Å²) in [7, 11) is 0. The number of piperidine rings is 1. The first-order chi connectivity index (χ1) is 9.10. The molecule has 1 aromatic rings. The first-order valence-electron chi connectivity index (χ1n) is 6.66. The van der Waals surface area contributed by atoms with Crippen molar-refractivity contribution >= 4 is 28.9 Å². The standard InChI is InChI=1S/C14H16ClFN2O/c1-2-8-3-4-18-12-6-9(15)10(16)7-11(12)17-14(19)13(18)5-8/h6-8,13H,2-5H2,1H3,(H,17,19). The smallest absolute Gasteiger partial charge is 0.247 e. The second-order valence-corrected chi connectivity index (χ2v) is 5.69. The van der Waals surface area contributed by atoms with Crippen LogP contribution in [0.4, 0.5) is 15.8 Å². The Bertz CT molecular complexity index is 534. The van der Waals surface area contributed by atoms with Gasteiger partial charge in [-0.3, -0.25) is 4.79 Å². The molecule has 2 aliphatic rings. The number of rotatable bonds is 1. The molecule has 1 N–H and O–H groups in total. The molecule has 19 heavy (non-hydrogen) atoms. The zero-order valence-corrected chi connectivity index (χ0v) is 11.5. The lowest BCUT2D eigenvalue weighted by atomic mass is 9.87. The molecule has 0 aromatic heterocycles. The van der Waals surface area contributed by atoms with Crippen molar-refractivity contribution in [2.24, 2.45) is 5.92 Å². The van der Waals surface area contributed by atoms with Crippen LogP contribution in [0.5, 0.6) is 0 Å². The quantitative estimate of drug-likeness (QED) is 0.856. The van der Waals surface area contributed by atoms with Crippen molar-refractivity contribution in [2.75, 3.05) is 16.8 Å². The molecular formula is C14H16ClFN2O. The van der Waals surface area contributed by atoms with E-state index < -0.39 is 5.82 Å². The van der Waals surface area contributed by atoms with Gasteiger partial charge in [-0.25, -0.2) is 4.39 Å². The average Bonchev–Trinajstić information content (AvgIpc) is 2.41. The van der Waals surface area contributed by atoms with Crippen LogP contribution in [0.2, 0.25) is 5.02 Å². The minimum Gasteiger partial charge on any atom is -0.358 e. The van der Waals surface area contributed by atoms with Crippen molar-refractivity contribution < 1.29 is 9.18 Å². The Morgan fingerprint density at radius 1 is 1.53 bits per heavy atom. The Balaban J connectivity index is 1.99. The molecule has 2 atom stereocenters. The van der Waals surface area contributed by atoms with Gasteiger partial charge in [0, 0.05) is 12.6 Å². The highest BCUT2D eigenvalue weighted by molar-refractivity contribution is 6.31. The van der Waals surface area contributed by atoms with Gasteiger partial charge >= 0.3 is 0 Å². The molecule has 0 saturated carbocycles. The van der Waals surface area contributed by atoms with Crippen molar-refractivity contribution in [1.82, 2.24) is 0 Å². The third kappa shape index (κ3) is 2.08. The highest BCUT2D eigenvalue weighted by atomic mass is 35.5. The molecule has 5 heteroatoms. The van der Waals surface area contributed by atoms with Gasteiger partial charge in [0.05, 0.1) is 16.4 Å². The van der Waals surface area contributed by atoms with Gasteiger partial charge in [0.2, 0.25) is 5.91 Å². The van der Waals surface area contributed by atoms with Crippen LogP contribution in [-0.2, 0) is 4.79 Å². The van der Waals surface area contributed by atoms with Crippen LogP contribution in [0.25, 0.3) is 0 Å². The van der Waals surface area contributed by atoms with Crippen LogP contribution in [0, 0.1) is 11.7 Å². The maximum atomic E-state index is 13.5. The van der Waals surface area contributed by atoms with Crippen LogP contribution in [0.3, 0.4) is 0 Å². The van der Waals surface area contributed by atoms with Crippen molar-refractivity contribution in [3.8, 4) is 0 Å². The van der Waals surface area contributed by atoms with Gasteiger partial charge in [0.1, 0.15) is 11.9 Å². The lowest BCUT2D eigenvalue weighted by Crippen LogP contribution is -2.52. The maximum Gasteiger partial charge on any atom is 0.247 e. The number of fused-ring (bicyclic) bond motifs is 3. The fourth-order valence-corrected chi connectivity index (χ4v) is 3.19. The number of benzene rings is 1. The zero-order chi connectivity index (χ0) is 13.6. The Morgan fingerprint density at radius 3 is 3.05 bits per heavy atom. The molecule has 0 radical (unpaired) electrons.